The maximum atomic E-state index is 11.1. The largest absolute Gasteiger partial charge is 0.476 e. The quantitative estimate of drug-likeness (QED) is 0.861. The molecule has 0 saturated carbocycles. The van der Waals surface area contributed by atoms with Crippen LogP contribution in [0, 0.1) is 5.92 Å². The van der Waals surface area contributed by atoms with E-state index in [0.29, 0.717) is 24.8 Å². The second-order valence-corrected chi connectivity index (χ2v) is 4.71. The van der Waals surface area contributed by atoms with Gasteiger partial charge >= 0.3 is 5.97 Å². The minimum Gasteiger partial charge on any atom is -0.476 e. The first-order chi connectivity index (χ1) is 8.09. The van der Waals surface area contributed by atoms with Gasteiger partial charge in [0.05, 0.1) is 0 Å². The molecule has 94 valence electrons. The Labute approximate surface area is 99.6 Å². The van der Waals surface area contributed by atoms with Gasteiger partial charge in [0.25, 0.3) is 0 Å². The molecule has 1 aromatic rings. The summed E-state index contributed by atoms with van der Waals surface area (Å²) in [7, 11) is 0. The van der Waals surface area contributed by atoms with E-state index in [1.165, 1.54) is 0 Å². The van der Waals surface area contributed by atoms with Gasteiger partial charge in [0.1, 0.15) is 11.8 Å². The lowest BCUT2D eigenvalue weighted by Gasteiger charge is -2.13. The average Bonchev–Trinajstić information content (AvgIpc) is 2.83. The molecule has 2 heterocycles. The van der Waals surface area contributed by atoms with Crippen LogP contribution in [0.3, 0.4) is 0 Å². The van der Waals surface area contributed by atoms with Crippen molar-refractivity contribution in [2.45, 2.75) is 39.3 Å². The Hall–Kier alpha value is -1.43. The zero-order valence-electron chi connectivity index (χ0n) is 10.1. The molecule has 1 unspecified atom stereocenters. The molecule has 1 atom stereocenters. The third-order valence-electron chi connectivity index (χ3n) is 2.75. The number of ether oxygens (including phenoxy) is 1. The van der Waals surface area contributed by atoms with Crippen LogP contribution >= 0.6 is 0 Å². The van der Waals surface area contributed by atoms with Crippen molar-refractivity contribution in [1.82, 2.24) is 15.0 Å². The molecule has 0 aromatic carbocycles. The zero-order chi connectivity index (χ0) is 12.4. The van der Waals surface area contributed by atoms with Gasteiger partial charge in [0.15, 0.2) is 5.69 Å². The monoisotopic (exact) mass is 239 g/mol. The minimum absolute atomic E-state index is 0.0255. The highest BCUT2D eigenvalue weighted by Crippen LogP contribution is 2.30. The summed E-state index contributed by atoms with van der Waals surface area (Å²) in [5.41, 5.74) is 0.640. The van der Waals surface area contributed by atoms with E-state index in [1.54, 1.807) is 4.68 Å². The molecule has 1 fully saturated rings. The van der Waals surface area contributed by atoms with Gasteiger partial charge in [-0.25, -0.2) is 9.48 Å². The molecule has 1 aliphatic heterocycles. The summed E-state index contributed by atoms with van der Waals surface area (Å²) in [6.07, 6.45) is 1.62. The fourth-order valence-electron chi connectivity index (χ4n) is 2.07. The first kappa shape index (κ1) is 12.0. The number of carboxylic acids is 1. The van der Waals surface area contributed by atoms with Crippen molar-refractivity contribution >= 4 is 5.97 Å². The standard InChI is InChI=1S/C11H17N3O3/c1-7(2)6-14-10(8-4-3-5-17-8)9(11(15)16)12-13-14/h7-8H,3-6H2,1-2H3,(H,15,16). The smallest absolute Gasteiger partial charge is 0.358 e. The SMILES string of the molecule is CC(C)Cn1nnc(C(=O)O)c1C1CCCO1. The fraction of sp³-hybridized carbons (Fsp3) is 0.727. The fourth-order valence-corrected chi connectivity index (χ4v) is 2.07. The third-order valence-corrected chi connectivity index (χ3v) is 2.75. The van der Waals surface area contributed by atoms with Crippen LogP contribution < -0.4 is 0 Å². The van der Waals surface area contributed by atoms with Gasteiger partial charge in [-0.15, -0.1) is 5.10 Å². The summed E-state index contributed by atoms with van der Waals surface area (Å²) >= 11 is 0. The lowest BCUT2D eigenvalue weighted by atomic mass is 10.1. The molecule has 17 heavy (non-hydrogen) atoms. The van der Waals surface area contributed by atoms with Gasteiger partial charge in [0, 0.05) is 13.2 Å². The molecule has 1 aliphatic rings. The van der Waals surface area contributed by atoms with Crippen LogP contribution in [0.2, 0.25) is 0 Å². The van der Waals surface area contributed by atoms with Crippen LogP contribution in [0.1, 0.15) is 49.0 Å². The highest BCUT2D eigenvalue weighted by atomic mass is 16.5. The maximum absolute atomic E-state index is 11.1. The number of rotatable bonds is 4. The van der Waals surface area contributed by atoms with Gasteiger partial charge in [-0.05, 0) is 18.8 Å². The van der Waals surface area contributed by atoms with Crippen molar-refractivity contribution < 1.29 is 14.6 Å². The third kappa shape index (κ3) is 2.46. The molecule has 0 bridgehead atoms. The molecule has 0 radical (unpaired) electrons. The van der Waals surface area contributed by atoms with E-state index in [1.807, 2.05) is 0 Å². The molecule has 0 amide bonds. The Morgan fingerprint density at radius 3 is 2.94 bits per heavy atom. The van der Waals surface area contributed by atoms with Crippen molar-refractivity contribution in [1.29, 1.82) is 0 Å². The van der Waals surface area contributed by atoms with Crippen LogP contribution in [0.4, 0.5) is 0 Å². The van der Waals surface area contributed by atoms with E-state index in [0.717, 1.165) is 12.8 Å². The van der Waals surface area contributed by atoms with Crippen LogP contribution in [0.15, 0.2) is 0 Å². The Kier molecular flexibility index (Phi) is 3.42. The first-order valence-electron chi connectivity index (χ1n) is 5.88. The Morgan fingerprint density at radius 2 is 2.41 bits per heavy atom. The molecule has 1 N–H and O–H groups in total. The van der Waals surface area contributed by atoms with Crippen molar-refractivity contribution in [2.24, 2.45) is 5.92 Å². The highest BCUT2D eigenvalue weighted by Gasteiger charge is 2.29. The van der Waals surface area contributed by atoms with E-state index < -0.39 is 5.97 Å². The van der Waals surface area contributed by atoms with Crippen LogP contribution in [0.5, 0.6) is 0 Å². The van der Waals surface area contributed by atoms with Crippen molar-refractivity contribution in [2.75, 3.05) is 6.61 Å². The normalized spacial score (nSPS) is 20.1. The Bertz CT molecular complexity index is 408. The lowest BCUT2D eigenvalue weighted by molar-refractivity contribution is 0.0671. The molecule has 1 saturated heterocycles. The topological polar surface area (TPSA) is 77.2 Å². The molecule has 0 spiro atoms. The average molecular weight is 239 g/mol. The predicted molar refractivity (Wildman–Crippen MR) is 59.7 cm³/mol. The number of aromatic carboxylic acids is 1. The molecular formula is C11H17N3O3. The molecule has 6 nitrogen and oxygen atoms in total. The molecule has 1 aromatic heterocycles. The molecular weight excluding hydrogens is 222 g/mol. The van der Waals surface area contributed by atoms with E-state index >= 15 is 0 Å². The van der Waals surface area contributed by atoms with Gasteiger partial charge in [-0.2, -0.15) is 0 Å². The minimum atomic E-state index is -1.04. The van der Waals surface area contributed by atoms with E-state index in [2.05, 4.69) is 24.2 Å². The van der Waals surface area contributed by atoms with Crippen LogP contribution in [-0.4, -0.2) is 32.7 Å². The van der Waals surface area contributed by atoms with Gasteiger partial charge in [0.2, 0.25) is 0 Å². The molecule has 2 rings (SSSR count). The highest BCUT2D eigenvalue weighted by molar-refractivity contribution is 5.86. The molecule has 6 heteroatoms. The summed E-state index contributed by atoms with van der Waals surface area (Å²) in [5, 5.41) is 16.8. The summed E-state index contributed by atoms with van der Waals surface area (Å²) in [6, 6.07) is 0. The Balaban J connectivity index is 2.35. The second kappa shape index (κ2) is 4.83. The molecule has 0 aliphatic carbocycles. The lowest BCUT2D eigenvalue weighted by Crippen LogP contribution is -2.15. The van der Waals surface area contributed by atoms with E-state index in [9.17, 15) is 4.79 Å². The predicted octanol–water partition coefficient (Wildman–Crippen LogP) is 1.48. The summed E-state index contributed by atoms with van der Waals surface area (Å²) in [6.45, 7) is 5.45. The number of carbonyl (C=O) groups is 1. The number of nitrogens with zero attached hydrogens (tertiary/aromatic N) is 3. The Morgan fingerprint density at radius 1 is 1.65 bits per heavy atom. The van der Waals surface area contributed by atoms with Crippen LogP contribution in [0.25, 0.3) is 0 Å². The number of aromatic nitrogens is 3. The van der Waals surface area contributed by atoms with Gasteiger partial charge in [-0.1, -0.05) is 19.1 Å². The van der Waals surface area contributed by atoms with E-state index in [4.69, 9.17) is 9.84 Å². The zero-order valence-corrected chi connectivity index (χ0v) is 10.1. The number of hydrogen-bond acceptors (Lipinski definition) is 4. The summed E-state index contributed by atoms with van der Waals surface area (Å²) < 4.78 is 7.22. The van der Waals surface area contributed by atoms with Gasteiger partial charge in [-0.3, -0.25) is 0 Å². The van der Waals surface area contributed by atoms with Crippen molar-refractivity contribution in [3.05, 3.63) is 11.4 Å². The van der Waals surface area contributed by atoms with Crippen molar-refractivity contribution in [3.8, 4) is 0 Å². The summed E-state index contributed by atoms with van der Waals surface area (Å²) in [5.74, 6) is -0.649. The maximum Gasteiger partial charge on any atom is 0.358 e. The van der Waals surface area contributed by atoms with Crippen LogP contribution in [-0.2, 0) is 11.3 Å². The summed E-state index contributed by atoms with van der Waals surface area (Å²) in [4.78, 5) is 11.1. The number of hydrogen-bond donors (Lipinski definition) is 1. The number of carboxylic acid groups (broad SMARTS) is 1. The van der Waals surface area contributed by atoms with E-state index in [-0.39, 0.29) is 11.8 Å². The first-order valence-corrected chi connectivity index (χ1v) is 5.88. The van der Waals surface area contributed by atoms with Gasteiger partial charge < -0.3 is 9.84 Å². The van der Waals surface area contributed by atoms with Crippen molar-refractivity contribution in [3.63, 3.8) is 0 Å². The second-order valence-electron chi connectivity index (χ2n) is 4.71.